The van der Waals surface area contributed by atoms with Gasteiger partial charge in [0.25, 0.3) is 5.91 Å². The molecule has 1 aliphatic heterocycles. The average Bonchev–Trinajstić information content (AvgIpc) is 3.75. The van der Waals surface area contributed by atoms with Crippen LogP contribution in [0.1, 0.15) is 54.1 Å². The molecule has 0 bridgehead atoms. The predicted molar refractivity (Wildman–Crippen MR) is 140 cm³/mol. The molecule has 1 N–H and O–H groups in total. The van der Waals surface area contributed by atoms with Gasteiger partial charge in [0.1, 0.15) is 23.7 Å². The van der Waals surface area contributed by atoms with Crippen LogP contribution in [0.25, 0.3) is 10.9 Å². The Labute approximate surface area is 231 Å². The van der Waals surface area contributed by atoms with Gasteiger partial charge in [0, 0.05) is 37.1 Å². The molecule has 1 amide bonds. The van der Waals surface area contributed by atoms with E-state index in [9.17, 15) is 31.9 Å². The van der Waals surface area contributed by atoms with Crippen molar-refractivity contribution in [2.24, 2.45) is 5.92 Å². The Balaban J connectivity index is 1.14. The maximum atomic E-state index is 14.1. The Hall–Kier alpha value is -3.44. The summed E-state index contributed by atoms with van der Waals surface area (Å²) < 4.78 is 59.3. The zero-order chi connectivity index (χ0) is 28.6. The third-order valence-corrected chi connectivity index (χ3v) is 7.52. The lowest BCUT2D eigenvalue weighted by molar-refractivity contribution is -0.137. The average molecular weight is 580 g/mol. The van der Waals surface area contributed by atoms with Gasteiger partial charge in [-0.05, 0) is 68.0 Å². The lowest BCUT2D eigenvalue weighted by Crippen LogP contribution is -2.48. The molecule has 0 radical (unpaired) electrons. The van der Waals surface area contributed by atoms with Crippen LogP contribution in [0.5, 0.6) is 5.75 Å². The number of ether oxygens (including phenoxy) is 1. The number of fused-ring (bicyclic) bond motifs is 1. The number of nitrogens with zero attached hydrogens (tertiary/aromatic N) is 2. The molecule has 2 heterocycles. The van der Waals surface area contributed by atoms with E-state index in [4.69, 9.17) is 16.3 Å². The molecule has 40 heavy (non-hydrogen) atoms. The summed E-state index contributed by atoms with van der Waals surface area (Å²) in [4.78, 5) is 38.5. The summed E-state index contributed by atoms with van der Waals surface area (Å²) in [6, 6.07) is 6.75. The second-order valence-electron chi connectivity index (χ2n) is 10.2. The first-order valence-electron chi connectivity index (χ1n) is 12.9. The van der Waals surface area contributed by atoms with E-state index in [1.54, 1.807) is 5.01 Å². The van der Waals surface area contributed by atoms with Crippen molar-refractivity contribution in [1.82, 2.24) is 15.0 Å². The van der Waals surface area contributed by atoms with E-state index < -0.39 is 28.9 Å². The monoisotopic (exact) mass is 579 g/mol. The maximum absolute atomic E-state index is 14.1. The van der Waals surface area contributed by atoms with E-state index >= 15 is 0 Å². The number of pyridine rings is 1. The Morgan fingerprint density at radius 2 is 1.73 bits per heavy atom. The van der Waals surface area contributed by atoms with Crippen molar-refractivity contribution in [1.29, 1.82) is 0 Å². The zero-order valence-electron chi connectivity index (χ0n) is 21.3. The predicted octanol–water partition coefficient (Wildman–Crippen LogP) is 5.54. The Kier molecular flexibility index (Phi) is 7.87. The van der Waals surface area contributed by atoms with E-state index in [-0.39, 0.29) is 52.5 Å². The van der Waals surface area contributed by atoms with Gasteiger partial charge in [-0.25, -0.2) is 9.40 Å². The number of piperidine rings is 1. The molecule has 7 nitrogen and oxygen atoms in total. The highest BCUT2D eigenvalue weighted by Gasteiger charge is 2.31. The summed E-state index contributed by atoms with van der Waals surface area (Å²) in [5.41, 5.74) is 1.80. The van der Waals surface area contributed by atoms with Gasteiger partial charge in [0.2, 0.25) is 5.43 Å². The molecule has 3 aromatic rings. The topological polar surface area (TPSA) is 80.6 Å². The summed E-state index contributed by atoms with van der Waals surface area (Å²) in [5.74, 6) is -1.26. The number of carbonyl (C=O) groups excluding carboxylic acids is 2. The van der Waals surface area contributed by atoms with E-state index in [1.807, 2.05) is 4.57 Å². The summed E-state index contributed by atoms with van der Waals surface area (Å²) in [7, 11) is 0. The Morgan fingerprint density at radius 3 is 2.35 bits per heavy atom. The molecular formula is C28H26ClF4N3O4. The van der Waals surface area contributed by atoms with Gasteiger partial charge in [-0.2, -0.15) is 13.2 Å². The molecular weight excluding hydrogens is 554 g/mol. The first-order valence-corrected chi connectivity index (χ1v) is 13.3. The molecule has 12 heteroatoms. The van der Waals surface area contributed by atoms with Crippen molar-refractivity contribution in [2.75, 3.05) is 19.7 Å². The van der Waals surface area contributed by atoms with Crippen molar-refractivity contribution < 1.29 is 31.9 Å². The number of alkyl halides is 3. The third-order valence-electron chi connectivity index (χ3n) is 7.23. The van der Waals surface area contributed by atoms with Gasteiger partial charge >= 0.3 is 6.18 Å². The number of ketones is 1. The normalized spacial score (nSPS) is 16.7. The highest BCUT2D eigenvalue weighted by Crippen LogP contribution is 2.37. The number of amides is 1. The molecule has 2 aliphatic rings. The SMILES string of the molecule is O=C(COc1ccc(C(F)(F)F)cc1)CC1CCN(NC(=O)c2cn(C3CC3)c3cc(Cl)c(F)cc3c2=O)CC1. The standard InChI is InChI=1S/C28H26ClF4N3O4/c29-23-13-25-21(12-24(23)30)26(38)22(14-36(25)18-3-4-18)27(39)34-35-9-7-16(8-10-35)11-19(37)15-40-20-5-1-17(2-6-20)28(31,32)33/h1-2,5-6,12-14,16,18H,3-4,7-11,15H2,(H,34,39). The minimum absolute atomic E-state index is 0.0531. The van der Waals surface area contributed by atoms with E-state index in [0.717, 1.165) is 31.0 Å². The molecule has 2 fully saturated rings. The van der Waals surface area contributed by atoms with Crippen LogP contribution in [0, 0.1) is 11.7 Å². The van der Waals surface area contributed by atoms with E-state index in [1.165, 1.54) is 24.4 Å². The van der Waals surface area contributed by atoms with Crippen LogP contribution in [0.4, 0.5) is 17.6 Å². The van der Waals surface area contributed by atoms with Crippen molar-refractivity contribution in [3.05, 3.63) is 74.8 Å². The summed E-state index contributed by atoms with van der Waals surface area (Å²) in [6.45, 7) is 0.666. The molecule has 0 unspecified atom stereocenters. The lowest BCUT2D eigenvalue weighted by atomic mass is 9.92. The number of rotatable bonds is 8. The summed E-state index contributed by atoms with van der Waals surface area (Å²) in [6.07, 6.45) is 0.300. The molecule has 1 aliphatic carbocycles. The first-order chi connectivity index (χ1) is 19.0. The van der Waals surface area contributed by atoms with Crippen LogP contribution in [0.3, 0.4) is 0 Å². The van der Waals surface area contributed by atoms with E-state index in [0.29, 0.717) is 31.4 Å². The molecule has 1 aromatic heterocycles. The Bertz CT molecular complexity index is 1490. The molecule has 2 aromatic carbocycles. The first kappa shape index (κ1) is 28.1. The number of benzene rings is 2. The maximum Gasteiger partial charge on any atom is 0.416 e. The number of nitrogens with one attached hydrogen (secondary N) is 1. The number of Topliss-reactive ketones (excluding diaryl/α,β-unsaturated/α-hetero) is 1. The zero-order valence-corrected chi connectivity index (χ0v) is 22.0. The molecule has 5 rings (SSSR count). The van der Waals surface area contributed by atoms with Crippen molar-refractivity contribution in [3.8, 4) is 5.75 Å². The van der Waals surface area contributed by atoms with Crippen LogP contribution in [-0.2, 0) is 11.0 Å². The molecule has 0 atom stereocenters. The van der Waals surface area contributed by atoms with E-state index in [2.05, 4.69) is 5.43 Å². The fourth-order valence-corrected chi connectivity index (χ4v) is 5.06. The molecule has 1 saturated carbocycles. The minimum Gasteiger partial charge on any atom is -0.486 e. The van der Waals surface area contributed by atoms with Gasteiger partial charge in [-0.3, -0.25) is 19.8 Å². The van der Waals surface area contributed by atoms with Gasteiger partial charge in [0.05, 0.1) is 16.1 Å². The number of hydrogen-bond acceptors (Lipinski definition) is 5. The van der Waals surface area contributed by atoms with Crippen LogP contribution >= 0.6 is 11.6 Å². The summed E-state index contributed by atoms with van der Waals surface area (Å²) in [5, 5.41) is 1.69. The number of hydrogen-bond donors (Lipinski definition) is 1. The van der Waals surface area contributed by atoms with Crippen LogP contribution in [-0.4, -0.2) is 41.0 Å². The second kappa shape index (κ2) is 11.2. The van der Waals surface area contributed by atoms with Crippen LogP contribution < -0.4 is 15.6 Å². The fourth-order valence-electron chi connectivity index (χ4n) is 4.90. The highest BCUT2D eigenvalue weighted by molar-refractivity contribution is 6.31. The van der Waals surface area contributed by atoms with Gasteiger partial charge in [0.15, 0.2) is 5.78 Å². The molecule has 1 saturated heterocycles. The smallest absolute Gasteiger partial charge is 0.416 e. The number of carbonyl (C=O) groups is 2. The number of hydrazine groups is 1. The second-order valence-corrected chi connectivity index (χ2v) is 10.6. The highest BCUT2D eigenvalue weighted by atomic mass is 35.5. The fraction of sp³-hybridized carbons (Fsp3) is 0.393. The third kappa shape index (κ3) is 6.31. The van der Waals surface area contributed by atoms with Gasteiger partial charge in [-0.15, -0.1) is 0 Å². The summed E-state index contributed by atoms with van der Waals surface area (Å²) >= 11 is 5.94. The van der Waals surface area contributed by atoms with Gasteiger partial charge < -0.3 is 9.30 Å². The quantitative estimate of drug-likeness (QED) is 0.354. The van der Waals surface area contributed by atoms with Crippen molar-refractivity contribution in [3.63, 3.8) is 0 Å². The van der Waals surface area contributed by atoms with Crippen LogP contribution in [0.2, 0.25) is 5.02 Å². The van der Waals surface area contributed by atoms with Gasteiger partial charge in [-0.1, -0.05) is 11.6 Å². The minimum atomic E-state index is -4.44. The Morgan fingerprint density at radius 1 is 1.05 bits per heavy atom. The largest absolute Gasteiger partial charge is 0.486 e. The number of halogens is 5. The molecule has 212 valence electrons. The number of aromatic nitrogens is 1. The van der Waals surface area contributed by atoms with Crippen molar-refractivity contribution >= 4 is 34.2 Å². The molecule has 0 spiro atoms. The van der Waals surface area contributed by atoms with Crippen molar-refractivity contribution in [2.45, 2.75) is 44.3 Å². The lowest BCUT2D eigenvalue weighted by Gasteiger charge is -2.31. The van der Waals surface area contributed by atoms with Crippen LogP contribution in [0.15, 0.2) is 47.4 Å².